The molecule has 0 unspecified atom stereocenters. The molecule has 41 heavy (non-hydrogen) atoms. The van der Waals surface area contributed by atoms with Crippen LogP contribution in [0.5, 0.6) is 5.75 Å². The number of hydrogen-bond donors (Lipinski definition) is 1. The molecule has 1 aliphatic carbocycles. The van der Waals surface area contributed by atoms with E-state index in [-0.39, 0.29) is 18.2 Å². The predicted molar refractivity (Wildman–Crippen MR) is 158 cm³/mol. The third kappa shape index (κ3) is 7.51. The maximum Gasteiger partial charge on any atom is 0.254 e. The topological polar surface area (TPSA) is 106 Å². The summed E-state index contributed by atoms with van der Waals surface area (Å²) in [7, 11) is 0. The molecule has 0 bridgehead atoms. The number of nitrogens with two attached hydrogens (primary N) is 1. The molecule has 3 amide bonds. The van der Waals surface area contributed by atoms with Crippen molar-refractivity contribution in [2.75, 3.05) is 32.8 Å². The van der Waals surface area contributed by atoms with E-state index in [1.165, 1.54) is 32.1 Å². The largest absolute Gasteiger partial charge is 0.494 e. The highest BCUT2D eigenvalue weighted by Gasteiger charge is 2.25. The monoisotopic (exact) mass is 554 g/mol. The number of aromatic nitrogens is 1. The lowest BCUT2D eigenvalue weighted by atomic mass is 9.87. The molecule has 1 saturated heterocycles. The van der Waals surface area contributed by atoms with Crippen LogP contribution in [0.1, 0.15) is 64.8 Å². The smallest absolute Gasteiger partial charge is 0.254 e. The highest BCUT2D eigenvalue weighted by Crippen LogP contribution is 2.27. The van der Waals surface area contributed by atoms with Crippen LogP contribution in [0.15, 0.2) is 67.0 Å². The summed E-state index contributed by atoms with van der Waals surface area (Å²) in [6.07, 6.45) is 11.3. The van der Waals surface area contributed by atoms with Gasteiger partial charge in [0.2, 0.25) is 11.8 Å². The molecule has 1 saturated carbocycles. The van der Waals surface area contributed by atoms with Crippen LogP contribution in [0.3, 0.4) is 0 Å². The zero-order chi connectivity index (χ0) is 28.6. The minimum absolute atomic E-state index is 0.00435. The number of benzene rings is 2. The lowest BCUT2D eigenvalue weighted by Crippen LogP contribution is -2.51. The Morgan fingerprint density at radius 1 is 0.829 bits per heavy atom. The molecule has 8 heteroatoms. The average Bonchev–Trinajstić information content (AvgIpc) is 3.01. The van der Waals surface area contributed by atoms with E-state index in [1.807, 2.05) is 36.4 Å². The number of amides is 3. The van der Waals surface area contributed by atoms with Crippen molar-refractivity contribution in [3.8, 4) is 16.9 Å². The Hall–Kier alpha value is -4.20. The highest BCUT2D eigenvalue weighted by molar-refractivity contribution is 5.95. The van der Waals surface area contributed by atoms with Crippen LogP contribution < -0.4 is 10.5 Å². The SMILES string of the molecule is NC(=O)c1cccc(-c2cncc(CC(=O)N3CCN(C(=O)c4cccc(OCCC5CCCCC5)c4)CC3)c2)c1. The molecule has 2 N–H and O–H groups in total. The third-order valence-corrected chi connectivity index (χ3v) is 8.15. The molecule has 2 fully saturated rings. The van der Waals surface area contributed by atoms with Gasteiger partial charge in [0.1, 0.15) is 5.75 Å². The quantitative estimate of drug-likeness (QED) is 0.412. The molecule has 2 aromatic carbocycles. The first-order chi connectivity index (χ1) is 20.0. The third-order valence-electron chi connectivity index (χ3n) is 8.15. The van der Waals surface area contributed by atoms with Gasteiger partial charge in [0.25, 0.3) is 5.91 Å². The molecular weight excluding hydrogens is 516 g/mol. The van der Waals surface area contributed by atoms with Gasteiger partial charge in [0.15, 0.2) is 0 Å². The predicted octanol–water partition coefficient (Wildman–Crippen LogP) is 4.72. The Kier molecular flexibility index (Phi) is 9.29. The molecule has 0 spiro atoms. The van der Waals surface area contributed by atoms with Gasteiger partial charge >= 0.3 is 0 Å². The van der Waals surface area contributed by atoms with E-state index < -0.39 is 5.91 Å². The van der Waals surface area contributed by atoms with Crippen molar-refractivity contribution in [3.63, 3.8) is 0 Å². The molecule has 3 aromatic rings. The number of nitrogens with zero attached hydrogens (tertiary/aromatic N) is 3. The Morgan fingerprint density at radius 2 is 1.56 bits per heavy atom. The van der Waals surface area contributed by atoms with Crippen LogP contribution in [0, 0.1) is 5.92 Å². The van der Waals surface area contributed by atoms with Gasteiger partial charge in [-0.25, -0.2) is 0 Å². The van der Waals surface area contributed by atoms with Gasteiger partial charge in [0.05, 0.1) is 13.0 Å². The Labute approximate surface area is 241 Å². The summed E-state index contributed by atoms with van der Waals surface area (Å²) < 4.78 is 6.00. The van der Waals surface area contributed by atoms with Crippen molar-refractivity contribution < 1.29 is 19.1 Å². The van der Waals surface area contributed by atoms with E-state index in [9.17, 15) is 14.4 Å². The summed E-state index contributed by atoms with van der Waals surface area (Å²) in [5.74, 6) is 0.959. The van der Waals surface area contributed by atoms with Crippen molar-refractivity contribution in [3.05, 3.63) is 83.7 Å². The molecule has 0 atom stereocenters. The first-order valence-corrected chi connectivity index (χ1v) is 14.6. The van der Waals surface area contributed by atoms with Crippen LogP contribution in [0.2, 0.25) is 0 Å². The zero-order valence-electron chi connectivity index (χ0n) is 23.5. The summed E-state index contributed by atoms with van der Waals surface area (Å²) in [5.41, 5.74) is 8.86. The second-order valence-electron chi connectivity index (χ2n) is 11.0. The number of primary amides is 1. The van der Waals surface area contributed by atoms with Crippen LogP contribution in [0.4, 0.5) is 0 Å². The van der Waals surface area contributed by atoms with Crippen molar-refractivity contribution in [2.24, 2.45) is 11.7 Å². The fourth-order valence-corrected chi connectivity index (χ4v) is 5.76. The van der Waals surface area contributed by atoms with E-state index in [0.717, 1.165) is 34.8 Å². The van der Waals surface area contributed by atoms with Gasteiger partial charge in [-0.05, 0) is 59.9 Å². The van der Waals surface area contributed by atoms with E-state index in [4.69, 9.17) is 10.5 Å². The fraction of sp³-hybridized carbons (Fsp3) is 0.394. The van der Waals surface area contributed by atoms with Crippen molar-refractivity contribution >= 4 is 17.7 Å². The van der Waals surface area contributed by atoms with Gasteiger partial charge in [-0.3, -0.25) is 19.4 Å². The second kappa shape index (κ2) is 13.4. The van der Waals surface area contributed by atoms with Crippen molar-refractivity contribution in [1.29, 1.82) is 0 Å². The summed E-state index contributed by atoms with van der Waals surface area (Å²) >= 11 is 0. The van der Waals surface area contributed by atoms with Crippen molar-refractivity contribution in [2.45, 2.75) is 44.9 Å². The van der Waals surface area contributed by atoms with E-state index in [0.29, 0.717) is 43.9 Å². The van der Waals surface area contributed by atoms with Gasteiger partial charge in [-0.15, -0.1) is 0 Å². The molecule has 214 valence electrons. The van der Waals surface area contributed by atoms with Crippen LogP contribution in [-0.4, -0.2) is 65.3 Å². The number of carbonyl (C=O) groups excluding carboxylic acids is 3. The molecule has 8 nitrogen and oxygen atoms in total. The molecule has 1 aromatic heterocycles. The minimum Gasteiger partial charge on any atom is -0.494 e. The van der Waals surface area contributed by atoms with Gasteiger partial charge in [-0.2, -0.15) is 0 Å². The lowest BCUT2D eigenvalue weighted by Gasteiger charge is -2.35. The standard InChI is InChI=1S/C33H38N4O4/c34-32(39)27-9-4-8-26(20-27)29-18-25(22-35-23-29)19-31(38)36-13-15-37(16-14-36)33(40)28-10-5-11-30(21-28)41-17-12-24-6-2-1-3-7-24/h4-5,8-11,18,20-24H,1-3,6-7,12-17,19H2,(H2,34,39). The molecule has 2 heterocycles. The van der Waals surface area contributed by atoms with Crippen LogP contribution >= 0.6 is 0 Å². The van der Waals surface area contributed by atoms with Crippen LogP contribution in [0.25, 0.3) is 11.1 Å². The maximum absolute atomic E-state index is 13.2. The normalized spacial score (nSPS) is 15.9. The van der Waals surface area contributed by atoms with Gasteiger partial charge < -0.3 is 20.3 Å². The lowest BCUT2D eigenvalue weighted by molar-refractivity contribution is -0.131. The molecule has 0 radical (unpaired) electrons. The molecule has 5 rings (SSSR count). The number of ether oxygens (including phenoxy) is 1. The number of hydrogen-bond acceptors (Lipinski definition) is 5. The number of carbonyl (C=O) groups is 3. The van der Waals surface area contributed by atoms with Gasteiger partial charge in [0, 0.05) is 55.3 Å². The van der Waals surface area contributed by atoms with Crippen LogP contribution in [-0.2, 0) is 11.2 Å². The molecule has 2 aliphatic rings. The summed E-state index contributed by atoms with van der Waals surface area (Å²) in [6.45, 7) is 2.61. The first-order valence-electron chi connectivity index (χ1n) is 14.6. The zero-order valence-corrected chi connectivity index (χ0v) is 23.5. The van der Waals surface area contributed by atoms with Gasteiger partial charge in [-0.1, -0.05) is 50.3 Å². The summed E-state index contributed by atoms with van der Waals surface area (Å²) in [5, 5.41) is 0. The summed E-state index contributed by atoms with van der Waals surface area (Å²) in [6, 6.07) is 16.4. The average molecular weight is 555 g/mol. The second-order valence-corrected chi connectivity index (χ2v) is 11.0. The molecular formula is C33H38N4O4. The number of piperazine rings is 1. The highest BCUT2D eigenvalue weighted by atomic mass is 16.5. The number of pyridine rings is 1. The first kappa shape index (κ1) is 28.3. The van der Waals surface area contributed by atoms with E-state index >= 15 is 0 Å². The minimum atomic E-state index is -0.491. The maximum atomic E-state index is 13.2. The Balaban J connectivity index is 1.12. The Bertz CT molecular complexity index is 1380. The van der Waals surface area contributed by atoms with E-state index in [2.05, 4.69) is 4.98 Å². The molecule has 1 aliphatic heterocycles. The summed E-state index contributed by atoms with van der Waals surface area (Å²) in [4.78, 5) is 45.7. The fourth-order valence-electron chi connectivity index (χ4n) is 5.76. The number of rotatable bonds is 9. The Morgan fingerprint density at radius 3 is 2.34 bits per heavy atom. The van der Waals surface area contributed by atoms with E-state index in [1.54, 1.807) is 40.4 Å². The van der Waals surface area contributed by atoms with Crippen molar-refractivity contribution in [1.82, 2.24) is 14.8 Å².